The van der Waals surface area contributed by atoms with Gasteiger partial charge in [0.05, 0.1) is 11.5 Å². The minimum atomic E-state index is -3.53. The molecule has 7 nitrogen and oxygen atoms in total. The third kappa shape index (κ3) is 8.05. The summed E-state index contributed by atoms with van der Waals surface area (Å²) in [6.07, 6.45) is 5.67. The van der Waals surface area contributed by atoms with E-state index < -0.39 is 10.0 Å². The van der Waals surface area contributed by atoms with Crippen LogP contribution in [0.1, 0.15) is 24.8 Å². The van der Waals surface area contributed by atoms with E-state index >= 15 is 0 Å². The zero-order chi connectivity index (χ0) is 19.7. The van der Waals surface area contributed by atoms with E-state index in [4.69, 9.17) is 4.74 Å². The molecule has 3 N–H and O–H groups in total. The number of thioether (sulfide) groups is 1. The number of methoxy groups -OCH3 is 1. The van der Waals surface area contributed by atoms with Gasteiger partial charge in [-0.25, -0.2) is 13.1 Å². The molecule has 0 heterocycles. The molecular formula is C18H31IN4O3S2. The minimum Gasteiger partial charge on any atom is -0.383 e. The summed E-state index contributed by atoms with van der Waals surface area (Å²) in [6.45, 7) is 1.08. The molecule has 0 saturated heterocycles. The molecule has 1 aromatic rings. The monoisotopic (exact) mass is 542 g/mol. The molecule has 0 bridgehead atoms. The van der Waals surface area contributed by atoms with Gasteiger partial charge in [-0.2, -0.15) is 11.8 Å². The van der Waals surface area contributed by atoms with Crippen molar-refractivity contribution >= 4 is 51.7 Å². The molecule has 10 heteroatoms. The molecule has 1 aromatic carbocycles. The van der Waals surface area contributed by atoms with Crippen molar-refractivity contribution in [3.05, 3.63) is 29.8 Å². The lowest BCUT2D eigenvalue weighted by Gasteiger charge is -2.17. The first-order chi connectivity index (χ1) is 13.0. The van der Waals surface area contributed by atoms with Crippen LogP contribution in [0.5, 0.6) is 0 Å². The predicted octanol–water partition coefficient (Wildman–Crippen LogP) is 2.18. The van der Waals surface area contributed by atoms with Crippen molar-refractivity contribution < 1.29 is 13.2 Å². The fraction of sp³-hybridized carbons (Fsp3) is 0.611. The van der Waals surface area contributed by atoms with E-state index in [9.17, 15) is 8.42 Å². The topological polar surface area (TPSA) is 91.8 Å². The Morgan fingerprint density at radius 1 is 1.36 bits per heavy atom. The van der Waals surface area contributed by atoms with Gasteiger partial charge in [-0.15, -0.1) is 24.0 Å². The summed E-state index contributed by atoms with van der Waals surface area (Å²) in [6, 6.07) is 7.35. The fourth-order valence-corrected chi connectivity index (χ4v) is 4.92. The van der Waals surface area contributed by atoms with Gasteiger partial charge in [0.25, 0.3) is 0 Å². The van der Waals surface area contributed by atoms with Crippen molar-refractivity contribution in [2.75, 3.05) is 33.6 Å². The van der Waals surface area contributed by atoms with Gasteiger partial charge < -0.3 is 15.4 Å². The highest BCUT2D eigenvalue weighted by atomic mass is 127. The van der Waals surface area contributed by atoms with Crippen LogP contribution in [0.25, 0.3) is 0 Å². The van der Waals surface area contributed by atoms with Crippen molar-refractivity contribution in [2.45, 2.75) is 42.0 Å². The molecule has 0 spiro atoms. The lowest BCUT2D eigenvalue weighted by Crippen LogP contribution is -2.42. The standard InChI is InChI=1S/C18H30N4O3S2.HI/c1-19-18(22-15-7-8-16(12-15)26-3)20-13-14-5-4-6-17(11-14)27(23,24)21-9-10-25-2;/h4-6,11,15-16,21H,7-10,12-13H2,1-3H3,(H2,19,20,22);1H. The summed E-state index contributed by atoms with van der Waals surface area (Å²) in [7, 11) is -0.250. The average molecular weight is 543 g/mol. The van der Waals surface area contributed by atoms with Crippen LogP contribution in [0, 0.1) is 0 Å². The highest BCUT2D eigenvalue weighted by Gasteiger charge is 2.24. The molecule has 0 radical (unpaired) electrons. The summed E-state index contributed by atoms with van der Waals surface area (Å²) in [5.41, 5.74) is 0.876. The van der Waals surface area contributed by atoms with Gasteiger partial charge in [0.2, 0.25) is 10.0 Å². The van der Waals surface area contributed by atoms with Crippen LogP contribution in [0.15, 0.2) is 34.2 Å². The van der Waals surface area contributed by atoms with Crippen LogP contribution >= 0.6 is 35.7 Å². The first kappa shape index (κ1) is 25.5. The molecule has 1 fully saturated rings. The second kappa shape index (κ2) is 12.9. The van der Waals surface area contributed by atoms with Gasteiger partial charge in [-0.1, -0.05) is 12.1 Å². The maximum atomic E-state index is 12.3. The Morgan fingerprint density at radius 3 is 2.79 bits per heavy atom. The molecule has 0 amide bonds. The number of hydrogen-bond acceptors (Lipinski definition) is 5. The first-order valence-corrected chi connectivity index (χ1v) is 11.8. The lowest BCUT2D eigenvalue weighted by molar-refractivity contribution is 0.204. The minimum absolute atomic E-state index is 0. The largest absolute Gasteiger partial charge is 0.383 e. The molecule has 2 rings (SSSR count). The summed E-state index contributed by atoms with van der Waals surface area (Å²) >= 11 is 1.92. The van der Waals surface area contributed by atoms with Crippen molar-refractivity contribution in [3.63, 3.8) is 0 Å². The number of guanidine groups is 1. The summed E-state index contributed by atoms with van der Waals surface area (Å²) < 4.78 is 32.0. The average Bonchev–Trinajstić information content (AvgIpc) is 3.13. The predicted molar refractivity (Wildman–Crippen MR) is 127 cm³/mol. The summed E-state index contributed by atoms with van der Waals surface area (Å²) in [5, 5.41) is 7.45. The van der Waals surface area contributed by atoms with Crippen molar-refractivity contribution in [2.24, 2.45) is 4.99 Å². The maximum absolute atomic E-state index is 12.3. The van der Waals surface area contributed by atoms with Gasteiger partial charge in [0, 0.05) is 38.5 Å². The van der Waals surface area contributed by atoms with Crippen molar-refractivity contribution in [1.29, 1.82) is 0 Å². The molecule has 0 aliphatic heterocycles. The normalized spacial score (nSPS) is 19.9. The molecule has 0 aromatic heterocycles. The van der Waals surface area contributed by atoms with Crippen LogP contribution in [0.4, 0.5) is 0 Å². The molecule has 160 valence electrons. The zero-order valence-electron chi connectivity index (χ0n) is 16.6. The van der Waals surface area contributed by atoms with Gasteiger partial charge in [-0.3, -0.25) is 4.99 Å². The van der Waals surface area contributed by atoms with Crippen LogP contribution in [-0.4, -0.2) is 59.2 Å². The Kier molecular flexibility index (Phi) is 11.7. The molecule has 2 unspecified atom stereocenters. The van der Waals surface area contributed by atoms with E-state index in [-0.39, 0.29) is 35.4 Å². The van der Waals surface area contributed by atoms with Crippen LogP contribution in [-0.2, 0) is 21.3 Å². The number of ether oxygens (including phenoxy) is 1. The highest BCUT2D eigenvalue weighted by molar-refractivity contribution is 14.0. The number of halogens is 1. The van der Waals surface area contributed by atoms with Crippen molar-refractivity contribution in [1.82, 2.24) is 15.4 Å². The van der Waals surface area contributed by atoms with E-state index in [1.807, 2.05) is 17.8 Å². The van der Waals surface area contributed by atoms with E-state index in [1.165, 1.54) is 13.5 Å². The number of nitrogens with one attached hydrogen (secondary N) is 3. The Labute approximate surface area is 189 Å². The lowest BCUT2D eigenvalue weighted by atomic mass is 10.2. The number of hydrogen-bond donors (Lipinski definition) is 3. The quantitative estimate of drug-likeness (QED) is 0.192. The maximum Gasteiger partial charge on any atom is 0.240 e. The summed E-state index contributed by atoms with van der Waals surface area (Å²) in [5.74, 6) is 0.744. The van der Waals surface area contributed by atoms with Crippen molar-refractivity contribution in [3.8, 4) is 0 Å². The third-order valence-corrected chi connectivity index (χ3v) is 7.10. The molecule has 2 atom stereocenters. The number of nitrogens with zero attached hydrogens (tertiary/aromatic N) is 1. The second-order valence-electron chi connectivity index (χ2n) is 6.48. The second-order valence-corrected chi connectivity index (χ2v) is 9.38. The number of benzene rings is 1. The molecule has 1 aliphatic rings. The van der Waals surface area contributed by atoms with Gasteiger partial charge in [-0.05, 0) is 43.2 Å². The Balaban J connectivity index is 0.00000392. The van der Waals surface area contributed by atoms with Crippen LogP contribution in [0.2, 0.25) is 0 Å². The third-order valence-electron chi connectivity index (χ3n) is 4.55. The molecule has 28 heavy (non-hydrogen) atoms. The Hall–Kier alpha value is -0.560. The van der Waals surface area contributed by atoms with E-state index in [0.717, 1.165) is 24.4 Å². The Bertz CT molecular complexity index is 731. The van der Waals surface area contributed by atoms with Crippen LogP contribution in [0.3, 0.4) is 0 Å². The number of rotatable bonds is 9. The first-order valence-electron chi connectivity index (χ1n) is 9.06. The van der Waals surface area contributed by atoms with Gasteiger partial charge >= 0.3 is 0 Å². The number of sulfonamides is 1. The smallest absolute Gasteiger partial charge is 0.240 e. The summed E-state index contributed by atoms with van der Waals surface area (Å²) in [4.78, 5) is 4.53. The van der Waals surface area contributed by atoms with Crippen LogP contribution < -0.4 is 15.4 Å². The number of aliphatic imine (C=N–C) groups is 1. The SMILES string of the molecule is CN=C(NCc1cccc(S(=O)(=O)NCCOC)c1)NC1CCC(SC)C1.I. The fourth-order valence-electron chi connectivity index (χ4n) is 3.04. The zero-order valence-corrected chi connectivity index (χ0v) is 20.6. The molecule has 1 aliphatic carbocycles. The van der Waals surface area contributed by atoms with Gasteiger partial charge in [0.1, 0.15) is 0 Å². The van der Waals surface area contributed by atoms with E-state index in [0.29, 0.717) is 24.4 Å². The highest BCUT2D eigenvalue weighted by Crippen LogP contribution is 2.28. The molecule has 1 saturated carbocycles. The van der Waals surface area contributed by atoms with E-state index in [2.05, 4.69) is 26.6 Å². The van der Waals surface area contributed by atoms with Gasteiger partial charge in [0.15, 0.2) is 5.96 Å². The molecular weight excluding hydrogens is 511 g/mol. The Morgan fingerprint density at radius 2 is 2.14 bits per heavy atom. The van der Waals surface area contributed by atoms with E-state index in [1.54, 1.807) is 25.2 Å².